The van der Waals surface area contributed by atoms with Crippen molar-refractivity contribution in [2.24, 2.45) is 5.92 Å². The predicted octanol–water partition coefficient (Wildman–Crippen LogP) is 0.893. The molecule has 1 N–H and O–H groups in total. The lowest BCUT2D eigenvalue weighted by molar-refractivity contribution is 0.344. The average Bonchev–Trinajstić information content (AvgIpc) is 2.66. The van der Waals surface area contributed by atoms with Gasteiger partial charge in [-0.1, -0.05) is 27.2 Å². The molecule has 0 spiro atoms. The molecule has 0 amide bonds. The molecule has 0 aliphatic carbocycles. The van der Waals surface area contributed by atoms with E-state index in [-0.39, 0.29) is 6.04 Å². The third-order valence-electron chi connectivity index (χ3n) is 3.67. The molecule has 0 radical (unpaired) electrons. The molecule has 1 aliphatic heterocycles. The van der Waals surface area contributed by atoms with Gasteiger partial charge in [-0.25, -0.2) is 0 Å². The Kier molecular flexibility index (Phi) is 6.04. The number of nitrogens with one attached hydrogen (secondary N) is 1. The normalized spacial score (nSPS) is 26.1. The van der Waals surface area contributed by atoms with Crippen LogP contribution in [0.4, 0.5) is 0 Å². The molecule has 0 aromatic carbocycles. The molecule has 1 fully saturated rings. The van der Waals surface area contributed by atoms with Gasteiger partial charge in [0.15, 0.2) is 0 Å². The van der Waals surface area contributed by atoms with E-state index in [1.165, 1.54) is 4.31 Å². The van der Waals surface area contributed by atoms with Crippen LogP contribution in [-0.4, -0.2) is 56.9 Å². The second-order valence-corrected chi connectivity index (χ2v) is 7.04. The maximum Gasteiger partial charge on any atom is 0.279 e. The van der Waals surface area contributed by atoms with Gasteiger partial charge in [0.05, 0.1) is 0 Å². The van der Waals surface area contributed by atoms with Crippen LogP contribution in [0.1, 0.15) is 33.6 Å². The molecular weight excluding hydrogens is 250 g/mol. The fourth-order valence-corrected chi connectivity index (χ4v) is 3.50. The second kappa shape index (κ2) is 6.84. The lowest BCUT2D eigenvalue weighted by Gasteiger charge is -2.22. The first-order valence-corrected chi connectivity index (χ1v) is 8.30. The van der Waals surface area contributed by atoms with Crippen molar-refractivity contribution >= 4 is 10.2 Å². The minimum atomic E-state index is -3.32. The van der Waals surface area contributed by atoms with Gasteiger partial charge in [0, 0.05) is 32.7 Å². The lowest BCUT2D eigenvalue weighted by Crippen LogP contribution is -2.46. The van der Waals surface area contributed by atoms with Crippen LogP contribution in [0.3, 0.4) is 0 Å². The van der Waals surface area contributed by atoms with Gasteiger partial charge in [0.2, 0.25) is 0 Å². The summed E-state index contributed by atoms with van der Waals surface area (Å²) in [6.07, 6.45) is 1.90. The van der Waals surface area contributed by atoms with Crippen molar-refractivity contribution in [3.05, 3.63) is 0 Å². The molecular formula is C12H27N3O2S. The average molecular weight is 277 g/mol. The number of rotatable bonds is 7. The monoisotopic (exact) mass is 277 g/mol. The molecule has 1 rings (SSSR count). The summed E-state index contributed by atoms with van der Waals surface area (Å²) in [6.45, 7) is 9.64. The predicted molar refractivity (Wildman–Crippen MR) is 74.7 cm³/mol. The Labute approximate surface area is 112 Å². The van der Waals surface area contributed by atoms with Gasteiger partial charge < -0.3 is 4.90 Å². The summed E-state index contributed by atoms with van der Waals surface area (Å²) in [6, 6.07) is 0.0408. The standard InChI is InChI=1S/C12H27N3O2S/c1-5-7-8-14(4)18(16,17)13-12-10-15(6-2)9-11(12)3/h11-13H,5-10H2,1-4H3/t11-,12+/m1/s1. The van der Waals surface area contributed by atoms with Crippen LogP contribution in [0, 0.1) is 5.92 Å². The highest BCUT2D eigenvalue weighted by atomic mass is 32.2. The van der Waals surface area contributed by atoms with Gasteiger partial charge in [-0.3, -0.25) is 0 Å². The molecule has 2 atom stereocenters. The highest BCUT2D eigenvalue weighted by molar-refractivity contribution is 7.87. The number of likely N-dealkylation sites (N-methyl/N-ethyl adjacent to an activating group) is 1. The smallest absolute Gasteiger partial charge is 0.279 e. The molecule has 0 saturated carbocycles. The molecule has 18 heavy (non-hydrogen) atoms. The number of hydrogen-bond acceptors (Lipinski definition) is 3. The summed E-state index contributed by atoms with van der Waals surface area (Å²) in [5.41, 5.74) is 0. The molecule has 0 bridgehead atoms. The summed E-state index contributed by atoms with van der Waals surface area (Å²) in [7, 11) is -1.68. The number of hydrogen-bond donors (Lipinski definition) is 1. The number of likely N-dealkylation sites (tertiary alicyclic amines) is 1. The van der Waals surface area contributed by atoms with Crippen molar-refractivity contribution in [2.45, 2.75) is 39.7 Å². The minimum absolute atomic E-state index is 0.0408. The Morgan fingerprint density at radius 2 is 2.00 bits per heavy atom. The van der Waals surface area contributed by atoms with Crippen molar-refractivity contribution in [1.82, 2.24) is 13.9 Å². The van der Waals surface area contributed by atoms with Crippen LogP contribution in [0.15, 0.2) is 0 Å². The third-order valence-corrected chi connectivity index (χ3v) is 5.28. The molecule has 1 saturated heterocycles. The molecule has 6 heteroatoms. The quantitative estimate of drug-likeness (QED) is 0.752. The van der Waals surface area contributed by atoms with Crippen molar-refractivity contribution in [1.29, 1.82) is 0 Å². The summed E-state index contributed by atoms with van der Waals surface area (Å²) in [5, 5.41) is 0. The Bertz CT molecular complexity index is 345. The summed E-state index contributed by atoms with van der Waals surface area (Å²) in [5.74, 6) is 0.374. The van der Waals surface area contributed by atoms with Crippen LogP contribution in [0.25, 0.3) is 0 Å². The van der Waals surface area contributed by atoms with E-state index in [9.17, 15) is 8.42 Å². The minimum Gasteiger partial charge on any atom is -0.302 e. The zero-order chi connectivity index (χ0) is 13.8. The van der Waals surface area contributed by atoms with E-state index in [1.54, 1.807) is 7.05 Å². The van der Waals surface area contributed by atoms with Crippen LogP contribution in [0.5, 0.6) is 0 Å². The number of unbranched alkanes of at least 4 members (excludes halogenated alkanes) is 1. The van der Waals surface area contributed by atoms with E-state index in [4.69, 9.17) is 0 Å². The zero-order valence-corrected chi connectivity index (χ0v) is 12.8. The molecule has 5 nitrogen and oxygen atoms in total. The van der Waals surface area contributed by atoms with Crippen LogP contribution < -0.4 is 4.72 Å². The number of nitrogens with zero attached hydrogens (tertiary/aromatic N) is 2. The second-order valence-electron chi connectivity index (χ2n) is 5.23. The fourth-order valence-electron chi connectivity index (χ4n) is 2.26. The zero-order valence-electron chi connectivity index (χ0n) is 12.0. The van der Waals surface area contributed by atoms with E-state index in [1.807, 2.05) is 0 Å². The first-order chi connectivity index (χ1) is 8.40. The van der Waals surface area contributed by atoms with Gasteiger partial charge in [0.1, 0.15) is 0 Å². The lowest BCUT2D eigenvalue weighted by atomic mass is 10.1. The first-order valence-electron chi connectivity index (χ1n) is 6.86. The maximum atomic E-state index is 12.1. The van der Waals surface area contributed by atoms with Gasteiger partial charge in [-0.2, -0.15) is 17.4 Å². The highest BCUT2D eigenvalue weighted by Gasteiger charge is 2.32. The van der Waals surface area contributed by atoms with E-state index in [2.05, 4.69) is 30.4 Å². The Morgan fingerprint density at radius 3 is 2.50 bits per heavy atom. The van der Waals surface area contributed by atoms with Crippen molar-refractivity contribution in [3.8, 4) is 0 Å². The van der Waals surface area contributed by atoms with Crippen LogP contribution in [-0.2, 0) is 10.2 Å². The SMILES string of the molecule is CCCCN(C)S(=O)(=O)N[C@H]1CN(CC)C[C@H]1C. The summed E-state index contributed by atoms with van der Waals surface area (Å²) >= 11 is 0. The Balaban J connectivity index is 2.55. The first kappa shape index (κ1) is 15.9. The van der Waals surface area contributed by atoms with Crippen LogP contribution >= 0.6 is 0 Å². The van der Waals surface area contributed by atoms with Crippen molar-refractivity contribution < 1.29 is 8.42 Å². The van der Waals surface area contributed by atoms with Gasteiger partial charge in [-0.05, 0) is 18.9 Å². The largest absolute Gasteiger partial charge is 0.302 e. The summed E-state index contributed by atoms with van der Waals surface area (Å²) < 4.78 is 28.5. The van der Waals surface area contributed by atoms with E-state index in [0.717, 1.165) is 32.5 Å². The molecule has 0 aromatic rings. The topological polar surface area (TPSA) is 52.7 Å². The molecule has 0 aromatic heterocycles. The van der Waals surface area contributed by atoms with Crippen LogP contribution in [0.2, 0.25) is 0 Å². The van der Waals surface area contributed by atoms with Crippen molar-refractivity contribution in [2.75, 3.05) is 33.2 Å². The Morgan fingerprint density at radius 1 is 1.33 bits per heavy atom. The van der Waals surface area contributed by atoms with Gasteiger partial charge in [-0.15, -0.1) is 0 Å². The molecule has 108 valence electrons. The van der Waals surface area contributed by atoms with E-state index < -0.39 is 10.2 Å². The summed E-state index contributed by atoms with van der Waals surface area (Å²) in [4.78, 5) is 2.28. The molecule has 0 unspecified atom stereocenters. The molecule has 1 aliphatic rings. The fraction of sp³-hybridized carbons (Fsp3) is 1.00. The molecule has 1 heterocycles. The van der Waals surface area contributed by atoms with Crippen molar-refractivity contribution in [3.63, 3.8) is 0 Å². The third kappa shape index (κ3) is 4.19. The highest BCUT2D eigenvalue weighted by Crippen LogP contribution is 2.17. The van der Waals surface area contributed by atoms with Gasteiger partial charge in [0.25, 0.3) is 10.2 Å². The van der Waals surface area contributed by atoms with Gasteiger partial charge >= 0.3 is 0 Å². The Hall–Kier alpha value is -0.170. The van der Waals surface area contributed by atoms with E-state index >= 15 is 0 Å². The maximum absolute atomic E-state index is 12.1. The van der Waals surface area contributed by atoms with E-state index in [0.29, 0.717) is 12.5 Å².